The van der Waals surface area contributed by atoms with Crippen LogP contribution in [0, 0.1) is 0 Å². The lowest BCUT2D eigenvalue weighted by Gasteiger charge is -2.22. The molecule has 0 bridgehead atoms. The Kier molecular flexibility index (Phi) is 3.38. The van der Waals surface area contributed by atoms with Crippen LogP contribution in [0.25, 0.3) is 0 Å². The van der Waals surface area contributed by atoms with Crippen LogP contribution in [0.1, 0.15) is 17.7 Å². The smallest absolute Gasteiger partial charge is 0.228 e. The molecular weight excluding hydrogens is 210 g/mol. The maximum Gasteiger partial charge on any atom is 0.228 e. The molecule has 0 aliphatic carbocycles. The fourth-order valence-corrected chi connectivity index (χ4v) is 2.71. The van der Waals surface area contributed by atoms with Gasteiger partial charge in [0, 0.05) is 11.4 Å². The number of aliphatic hydroxyl groups excluding tert-OH is 1. The van der Waals surface area contributed by atoms with Gasteiger partial charge in [-0.1, -0.05) is 6.07 Å². The predicted octanol–water partition coefficient (Wildman–Crippen LogP) is 1.27. The van der Waals surface area contributed by atoms with Crippen LogP contribution in [0.2, 0.25) is 0 Å². The molecule has 4 heteroatoms. The molecule has 82 valence electrons. The van der Waals surface area contributed by atoms with Gasteiger partial charge in [-0.15, -0.1) is 11.3 Å². The van der Waals surface area contributed by atoms with Crippen molar-refractivity contribution in [2.75, 3.05) is 13.2 Å². The zero-order valence-electron chi connectivity index (χ0n) is 8.56. The third-order valence-electron chi connectivity index (χ3n) is 2.81. The second kappa shape index (κ2) is 4.77. The normalized spacial score (nSPS) is 20.9. The number of carbonyl (C=O) groups excluding carboxylic acids is 1. The number of rotatable bonds is 3. The molecule has 1 saturated heterocycles. The molecule has 1 fully saturated rings. The van der Waals surface area contributed by atoms with Crippen LogP contribution in [-0.2, 0) is 11.2 Å². The topological polar surface area (TPSA) is 40.5 Å². The first kappa shape index (κ1) is 10.6. The molecule has 3 nitrogen and oxygen atoms in total. The zero-order chi connectivity index (χ0) is 10.7. The summed E-state index contributed by atoms with van der Waals surface area (Å²) < 4.78 is 0. The summed E-state index contributed by atoms with van der Waals surface area (Å²) in [4.78, 5) is 14.8. The molecule has 0 saturated carbocycles. The van der Waals surface area contributed by atoms with Crippen LogP contribution < -0.4 is 0 Å². The summed E-state index contributed by atoms with van der Waals surface area (Å²) in [7, 11) is 0. The average molecular weight is 225 g/mol. The standard InChI is InChI=1S/C11H15NO2S/c13-8-9-3-1-5-12(9)11(14)7-10-4-2-6-15-10/h2,4,6,9,13H,1,3,5,7-8H2/t9-/m1/s1. The molecule has 2 rings (SSSR count). The Labute approximate surface area is 93.3 Å². The van der Waals surface area contributed by atoms with Crippen molar-refractivity contribution in [1.82, 2.24) is 4.90 Å². The number of nitrogens with zero attached hydrogens (tertiary/aromatic N) is 1. The van der Waals surface area contributed by atoms with Crippen molar-refractivity contribution in [2.24, 2.45) is 0 Å². The van der Waals surface area contributed by atoms with Gasteiger partial charge >= 0.3 is 0 Å². The summed E-state index contributed by atoms with van der Waals surface area (Å²) in [6.45, 7) is 0.894. The molecule has 1 aliphatic rings. The molecule has 1 aromatic heterocycles. The van der Waals surface area contributed by atoms with Crippen molar-refractivity contribution in [3.8, 4) is 0 Å². The predicted molar refractivity (Wildman–Crippen MR) is 59.8 cm³/mol. The lowest BCUT2D eigenvalue weighted by molar-refractivity contribution is -0.131. The highest BCUT2D eigenvalue weighted by Gasteiger charge is 2.27. The van der Waals surface area contributed by atoms with Gasteiger partial charge in [0.2, 0.25) is 5.91 Å². The van der Waals surface area contributed by atoms with Crippen molar-refractivity contribution in [3.05, 3.63) is 22.4 Å². The maximum absolute atomic E-state index is 11.9. The van der Waals surface area contributed by atoms with E-state index in [1.165, 1.54) is 0 Å². The number of carbonyl (C=O) groups is 1. The van der Waals surface area contributed by atoms with E-state index >= 15 is 0 Å². The van der Waals surface area contributed by atoms with Crippen LogP contribution in [0.4, 0.5) is 0 Å². The van der Waals surface area contributed by atoms with E-state index in [0.717, 1.165) is 24.3 Å². The van der Waals surface area contributed by atoms with E-state index in [0.29, 0.717) is 6.42 Å². The maximum atomic E-state index is 11.9. The number of thiophene rings is 1. The molecular formula is C11H15NO2S. The molecule has 15 heavy (non-hydrogen) atoms. The molecule has 1 aromatic rings. The molecule has 0 spiro atoms. The van der Waals surface area contributed by atoms with Crippen LogP contribution in [0.15, 0.2) is 17.5 Å². The zero-order valence-corrected chi connectivity index (χ0v) is 9.37. The summed E-state index contributed by atoms with van der Waals surface area (Å²) >= 11 is 1.61. The van der Waals surface area contributed by atoms with Gasteiger partial charge < -0.3 is 10.0 Å². The average Bonchev–Trinajstić information content (AvgIpc) is 2.86. The number of aliphatic hydroxyl groups is 1. The molecule has 0 aromatic carbocycles. The third kappa shape index (κ3) is 2.38. The lowest BCUT2D eigenvalue weighted by atomic mass is 10.2. The van der Waals surface area contributed by atoms with E-state index in [9.17, 15) is 4.79 Å². The van der Waals surface area contributed by atoms with E-state index in [1.54, 1.807) is 11.3 Å². The molecule has 1 amide bonds. The van der Waals surface area contributed by atoms with Crippen LogP contribution in [-0.4, -0.2) is 35.1 Å². The van der Waals surface area contributed by atoms with Gasteiger partial charge in [0.1, 0.15) is 0 Å². The summed E-state index contributed by atoms with van der Waals surface area (Å²) in [5.74, 6) is 0.147. The summed E-state index contributed by atoms with van der Waals surface area (Å²) in [6, 6.07) is 3.99. The Balaban J connectivity index is 1.96. The monoisotopic (exact) mass is 225 g/mol. The van der Waals surface area contributed by atoms with Gasteiger partial charge in [0.05, 0.1) is 19.1 Å². The SMILES string of the molecule is O=C(Cc1cccs1)N1CCC[C@@H]1CO. The van der Waals surface area contributed by atoms with Gasteiger partial charge in [-0.3, -0.25) is 4.79 Å². The van der Waals surface area contributed by atoms with E-state index in [2.05, 4.69) is 0 Å². The highest BCUT2D eigenvalue weighted by Crippen LogP contribution is 2.19. The number of hydrogen-bond donors (Lipinski definition) is 1. The summed E-state index contributed by atoms with van der Waals surface area (Å²) in [5.41, 5.74) is 0. The molecule has 1 atom stereocenters. The molecule has 1 aliphatic heterocycles. The van der Waals surface area contributed by atoms with Gasteiger partial charge in [0.25, 0.3) is 0 Å². The van der Waals surface area contributed by atoms with Gasteiger partial charge in [0.15, 0.2) is 0 Å². The van der Waals surface area contributed by atoms with Crippen molar-refractivity contribution >= 4 is 17.2 Å². The minimum Gasteiger partial charge on any atom is -0.394 e. The Bertz CT molecular complexity index is 323. The molecule has 0 radical (unpaired) electrons. The van der Waals surface area contributed by atoms with E-state index in [-0.39, 0.29) is 18.6 Å². The first-order valence-electron chi connectivity index (χ1n) is 5.24. The van der Waals surface area contributed by atoms with Crippen LogP contribution in [0.5, 0.6) is 0 Å². The lowest BCUT2D eigenvalue weighted by Crippen LogP contribution is -2.38. The van der Waals surface area contributed by atoms with E-state index in [1.807, 2.05) is 22.4 Å². The van der Waals surface area contributed by atoms with Gasteiger partial charge in [-0.25, -0.2) is 0 Å². The van der Waals surface area contributed by atoms with Crippen LogP contribution in [0.3, 0.4) is 0 Å². The summed E-state index contributed by atoms with van der Waals surface area (Å²) in [5, 5.41) is 11.1. The Morgan fingerprint density at radius 1 is 1.67 bits per heavy atom. The first-order valence-corrected chi connectivity index (χ1v) is 6.12. The third-order valence-corrected chi connectivity index (χ3v) is 3.69. The minimum atomic E-state index is 0.0532. The fraction of sp³-hybridized carbons (Fsp3) is 0.545. The summed E-state index contributed by atoms with van der Waals surface area (Å²) in [6.07, 6.45) is 2.43. The Hall–Kier alpha value is -0.870. The van der Waals surface area contributed by atoms with Crippen LogP contribution >= 0.6 is 11.3 Å². The molecule has 0 unspecified atom stereocenters. The fourth-order valence-electron chi connectivity index (χ4n) is 2.02. The highest BCUT2D eigenvalue weighted by molar-refractivity contribution is 7.10. The Morgan fingerprint density at radius 3 is 3.20 bits per heavy atom. The molecule has 2 heterocycles. The van der Waals surface area contributed by atoms with Crippen molar-refractivity contribution in [1.29, 1.82) is 0 Å². The quantitative estimate of drug-likeness (QED) is 0.841. The van der Waals surface area contributed by atoms with Crippen molar-refractivity contribution in [2.45, 2.75) is 25.3 Å². The van der Waals surface area contributed by atoms with E-state index in [4.69, 9.17) is 5.11 Å². The van der Waals surface area contributed by atoms with Gasteiger partial charge in [-0.2, -0.15) is 0 Å². The van der Waals surface area contributed by atoms with Gasteiger partial charge in [-0.05, 0) is 24.3 Å². The largest absolute Gasteiger partial charge is 0.394 e. The second-order valence-corrected chi connectivity index (χ2v) is 4.85. The molecule has 1 N–H and O–H groups in total. The number of amides is 1. The number of likely N-dealkylation sites (tertiary alicyclic amines) is 1. The van der Waals surface area contributed by atoms with Crippen molar-refractivity contribution < 1.29 is 9.90 Å². The first-order chi connectivity index (χ1) is 7.31. The Morgan fingerprint density at radius 2 is 2.53 bits per heavy atom. The van der Waals surface area contributed by atoms with E-state index < -0.39 is 0 Å². The van der Waals surface area contributed by atoms with Crippen molar-refractivity contribution in [3.63, 3.8) is 0 Å². The number of hydrogen-bond acceptors (Lipinski definition) is 3. The highest BCUT2D eigenvalue weighted by atomic mass is 32.1. The second-order valence-electron chi connectivity index (χ2n) is 3.82. The minimum absolute atomic E-state index is 0.0532.